The van der Waals surface area contributed by atoms with Gasteiger partial charge in [-0.3, -0.25) is 0 Å². The van der Waals surface area contributed by atoms with E-state index >= 15 is 0 Å². The van der Waals surface area contributed by atoms with Crippen LogP contribution in [0.1, 0.15) is 22.8 Å². The summed E-state index contributed by atoms with van der Waals surface area (Å²) < 4.78 is 0. The molecule has 0 fully saturated rings. The number of aromatic carboxylic acids is 1. The fraction of sp³-hybridized carbons (Fsp3) is 0.111. The average molecular weight is 276 g/mol. The largest absolute Gasteiger partial charge is 0.545 e. The minimum atomic E-state index is -1.18. The number of pyridine rings is 1. The van der Waals surface area contributed by atoms with Crippen molar-refractivity contribution in [2.24, 2.45) is 0 Å². The molecular formula is C18H14NO2-. The molecule has 0 spiro atoms. The van der Waals surface area contributed by atoms with E-state index in [1.54, 1.807) is 18.2 Å². The predicted octanol–water partition coefficient (Wildman–Crippen LogP) is 2.83. The Bertz CT molecular complexity index is 807. The Morgan fingerprint density at radius 2 is 1.81 bits per heavy atom. The molecule has 0 atom stereocenters. The fourth-order valence-corrected chi connectivity index (χ4v) is 2.40. The van der Waals surface area contributed by atoms with Crippen molar-refractivity contribution in [1.82, 2.24) is 4.98 Å². The summed E-state index contributed by atoms with van der Waals surface area (Å²) in [6, 6.07) is 16.8. The molecule has 0 bridgehead atoms. The first-order chi connectivity index (χ1) is 10.2. The molecule has 0 amide bonds. The summed E-state index contributed by atoms with van der Waals surface area (Å²) >= 11 is 0. The second-order valence-electron chi connectivity index (χ2n) is 4.91. The van der Waals surface area contributed by atoms with Crippen LogP contribution in [-0.2, 0) is 6.42 Å². The molecule has 1 aromatic heterocycles. The number of fused-ring (bicyclic) bond motifs is 1. The van der Waals surface area contributed by atoms with Crippen molar-refractivity contribution in [2.45, 2.75) is 13.3 Å². The van der Waals surface area contributed by atoms with Crippen molar-refractivity contribution in [3.8, 4) is 11.3 Å². The van der Waals surface area contributed by atoms with Crippen molar-refractivity contribution in [2.75, 3.05) is 0 Å². The van der Waals surface area contributed by atoms with Gasteiger partial charge in [-0.1, -0.05) is 49.4 Å². The van der Waals surface area contributed by atoms with Gasteiger partial charge in [0.25, 0.3) is 0 Å². The van der Waals surface area contributed by atoms with Gasteiger partial charge in [-0.2, -0.15) is 0 Å². The van der Waals surface area contributed by atoms with Crippen LogP contribution in [0.25, 0.3) is 22.2 Å². The zero-order valence-corrected chi connectivity index (χ0v) is 11.7. The minimum absolute atomic E-state index is 0.176. The van der Waals surface area contributed by atoms with E-state index in [0.717, 1.165) is 12.0 Å². The van der Waals surface area contributed by atoms with Crippen LogP contribution < -0.4 is 5.11 Å². The molecule has 0 saturated carbocycles. The molecule has 0 aliphatic heterocycles. The molecule has 0 radical (unpaired) electrons. The topological polar surface area (TPSA) is 53.0 Å². The summed E-state index contributed by atoms with van der Waals surface area (Å²) in [7, 11) is 0. The molecule has 0 saturated heterocycles. The molecular weight excluding hydrogens is 262 g/mol. The van der Waals surface area contributed by atoms with Crippen molar-refractivity contribution in [3.05, 3.63) is 65.7 Å². The van der Waals surface area contributed by atoms with Gasteiger partial charge >= 0.3 is 0 Å². The van der Waals surface area contributed by atoms with E-state index in [9.17, 15) is 9.90 Å². The molecule has 21 heavy (non-hydrogen) atoms. The normalized spacial score (nSPS) is 10.7. The lowest BCUT2D eigenvalue weighted by atomic mass is 10.0. The maximum atomic E-state index is 11.4. The highest BCUT2D eigenvalue weighted by atomic mass is 16.4. The summed E-state index contributed by atoms with van der Waals surface area (Å²) in [5, 5.41) is 12.0. The number of hydrogen-bond donors (Lipinski definition) is 0. The van der Waals surface area contributed by atoms with E-state index in [-0.39, 0.29) is 5.56 Å². The van der Waals surface area contributed by atoms with Gasteiger partial charge in [0.2, 0.25) is 0 Å². The number of nitrogens with zero attached hydrogens (tertiary/aromatic N) is 1. The maximum absolute atomic E-state index is 11.4. The average Bonchev–Trinajstić information content (AvgIpc) is 2.53. The Morgan fingerprint density at radius 3 is 2.48 bits per heavy atom. The summed E-state index contributed by atoms with van der Waals surface area (Å²) in [4.78, 5) is 15.9. The number of aryl methyl sites for hydroxylation is 1. The Hall–Kier alpha value is -2.68. The van der Waals surface area contributed by atoms with Crippen molar-refractivity contribution in [3.63, 3.8) is 0 Å². The van der Waals surface area contributed by atoms with Gasteiger partial charge in [0.15, 0.2) is 0 Å². The van der Waals surface area contributed by atoms with Crippen molar-refractivity contribution >= 4 is 16.9 Å². The van der Waals surface area contributed by atoms with Gasteiger partial charge in [0.1, 0.15) is 0 Å². The Kier molecular flexibility index (Phi) is 3.40. The third-order valence-electron chi connectivity index (χ3n) is 3.59. The van der Waals surface area contributed by atoms with E-state index in [1.165, 1.54) is 5.56 Å². The van der Waals surface area contributed by atoms with Crippen LogP contribution in [0.3, 0.4) is 0 Å². The second-order valence-corrected chi connectivity index (χ2v) is 4.91. The van der Waals surface area contributed by atoms with Crippen LogP contribution in [0.5, 0.6) is 0 Å². The predicted molar refractivity (Wildman–Crippen MR) is 80.9 cm³/mol. The second kappa shape index (κ2) is 5.37. The van der Waals surface area contributed by atoms with E-state index in [2.05, 4.69) is 11.9 Å². The molecule has 3 nitrogen and oxygen atoms in total. The van der Waals surface area contributed by atoms with Crippen LogP contribution in [0.2, 0.25) is 0 Å². The molecule has 0 aliphatic carbocycles. The maximum Gasteiger partial charge on any atom is 0.0722 e. The van der Waals surface area contributed by atoms with Crippen LogP contribution in [0, 0.1) is 0 Å². The molecule has 0 aliphatic rings. The Labute approximate surface area is 122 Å². The quantitative estimate of drug-likeness (QED) is 0.739. The number of carboxylic acid groups (broad SMARTS) is 1. The molecule has 3 rings (SSSR count). The zero-order valence-electron chi connectivity index (χ0n) is 11.7. The highest BCUT2D eigenvalue weighted by Gasteiger charge is 2.08. The minimum Gasteiger partial charge on any atom is -0.545 e. The molecule has 2 aromatic carbocycles. The third-order valence-corrected chi connectivity index (χ3v) is 3.59. The first-order valence-corrected chi connectivity index (χ1v) is 6.89. The monoisotopic (exact) mass is 276 g/mol. The number of hydrogen-bond acceptors (Lipinski definition) is 3. The van der Waals surface area contributed by atoms with Crippen LogP contribution >= 0.6 is 0 Å². The highest BCUT2D eigenvalue weighted by molar-refractivity contribution is 6.02. The fourth-order valence-electron chi connectivity index (χ4n) is 2.40. The first-order valence-electron chi connectivity index (χ1n) is 6.89. The molecule has 104 valence electrons. The third kappa shape index (κ3) is 2.50. The SMILES string of the molecule is CCc1ccc(-c2cc(C(=O)[O-])c3ccccc3n2)cc1. The van der Waals surface area contributed by atoms with E-state index < -0.39 is 5.97 Å². The Morgan fingerprint density at radius 1 is 1.10 bits per heavy atom. The van der Waals surface area contributed by atoms with Gasteiger partial charge in [-0.15, -0.1) is 0 Å². The lowest BCUT2D eigenvalue weighted by molar-refractivity contribution is -0.254. The lowest BCUT2D eigenvalue weighted by Crippen LogP contribution is -2.22. The van der Waals surface area contributed by atoms with Gasteiger partial charge in [0.05, 0.1) is 17.2 Å². The van der Waals surface area contributed by atoms with E-state index in [4.69, 9.17) is 0 Å². The first kappa shape index (κ1) is 13.3. The van der Waals surface area contributed by atoms with Crippen molar-refractivity contribution in [1.29, 1.82) is 0 Å². The highest BCUT2D eigenvalue weighted by Crippen LogP contribution is 2.24. The lowest BCUT2D eigenvalue weighted by Gasteiger charge is -2.10. The van der Waals surface area contributed by atoms with Gasteiger partial charge in [-0.05, 0) is 24.1 Å². The zero-order chi connectivity index (χ0) is 14.8. The summed E-state index contributed by atoms with van der Waals surface area (Å²) in [5.41, 5.74) is 3.62. The van der Waals surface area contributed by atoms with E-state index in [0.29, 0.717) is 16.6 Å². The molecule has 0 N–H and O–H groups in total. The van der Waals surface area contributed by atoms with Gasteiger partial charge in [0, 0.05) is 16.5 Å². The number of para-hydroxylation sites is 1. The molecule has 0 unspecified atom stereocenters. The number of carbonyl (C=O) groups excluding carboxylic acids is 1. The summed E-state index contributed by atoms with van der Waals surface area (Å²) in [6.45, 7) is 2.09. The number of carbonyl (C=O) groups is 1. The Balaban J connectivity index is 2.20. The molecule has 3 heteroatoms. The van der Waals surface area contributed by atoms with E-state index in [1.807, 2.05) is 36.4 Å². The van der Waals surface area contributed by atoms with Crippen LogP contribution in [-0.4, -0.2) is 11.0 Å². The molecule has 3 aromatic rings. The van der Waals surface area contributed by atoms with Crippen LogP contribution in [0.4, 0.5) is 0 Å². The number of rotatable bonds is 3. The van der Waals surface area contributed by atoms with Crippen LogP contribution in [0.15, 0.2) is 54.6 Å². The summed E-state index contributed by atoms with van der Waals surface area (Å²) in [5.74, 6) is -1.18. The standard InChI is InChI=1S/C18H15NO2/c1-2-12-7-9-13(10-8-12)17-11-15(18(20)21)14-5-3-4-6-16(14)19-17/h3-11H,2H2,1H3,(H,20,21)/p-1. The number of aromatic nitrogens is 1. The van der Waals surface area contributed by atoms with Gasteiger partial charge in [-0.25, -0.2) is 4.98 Å². The summed E-state index contributed by atoms with van der Waals surface area (Å²) in [6.07, 6.45) is 0.968. The van der Waals surface area contributed by atoms with Gasteiger partial charge < -0.3 is 9.90 Å². The molecule has 1 heterocycles. The number of benzene rings is 2. The smallest absolute Gasteiger partial charge is 0.0722 e. The van der Waals surface area contributed by atoms with Crippen molar-refractivity contribution < 1.29 is 9.90 Å². The number of carboxylic acids is 1.